The number of hydrogen-bond donors (Lipinski definition) is 2. The number of nitrogens with one attached hydrogen (secondary N) is 2. The second-order valence-corrected chi connectivity index (χ2v) is 4.35. The summed E-state index contributed by atoms with van der Waals surface area (Å²) in [5, 5.41) is 4.72. The van der Waals surface area contributed by atoms with E-state index in [0.717, 1.165) is 19.0 Å². The van der Waals surface area contributed by atoms with Crippen molar-refractivity contribution < 1.29 is 0 Å². The molecule has 0 aliphatic carbocycles. The maximum absolute atomic E-state index is 3.41. The molecule has 0 atom stereocenters. The van der Waals surface area contributed by atoms with Gasteiger partial charge in [0.1, 0.15) is 0 Å². The quantitative estimate of drug-likeness (QED) is 0.727. The first-order valence-corrected chi connectivity index (χ1v) is 5.71. The number of piperidine rings is 1. The molecule has 15 heavy (non-hydrogen) atoms. The number of aromatic amines is 1. The maximum Gasteiger partial charge on any atom is 0.0456 e. The van der Waals surface area contributed by atoms with Crippen LogP contribution in [0.3, 0.4) is 0 Å². The Balaban J connectivity index is 1.95. The summed E-state index contributed by atoms with van der Waals surface area (Å²) >= 11 is 0. The van der Waals surface area contributed by atoms with Gasteiger partial charge >= 0.3 is 0 Å². The number of hydrogen-bond acceptors (Lipinski definition) is 1. The average molecular weight is 200 g/mol. The van der Waals surface area contributed by atoms with Crippen molar-refractivity contribution >= 4 is 10.9 Å². The molecule has 2 heteroatoms. The Labute approximate surface area is 89.7 Å². The molecule has 3 rings (SSSR count). The molecule has 1 saturated heterocycles. The molecule has 0 saturated carbocycles. The average Bonchev–Trinajstić information content (AvgIpc) is 2.77. The smallest absolute Gasteiger partial charge is 0.0456 e. The van der Waals surface area contributed by atoms with Gasteiger partial charge in [-0.05, 0) is 54.9 Å². The van der Waals surface area contributed by atoms with E-state index >= 15 is 0 Å². The van der Waals surface area contributed by atoms with Crippen LogP contribution in [0.2, 0.25) is 0 Å². The minimum Gasteiger partial charge on any atom is -0.361 e. The first kappa shape index (κ1) is 8.98. The summed E-state index contributed by atoms with van der Waals surface area (Å²) in [6.07, 6.45) is 4.55. The Morgan fingerprint density at radius 1 is 1.07 bits per heavy atom. The minimum absolute atomic E-state index is 0.749. The van der Waals surface area contributed by atoms with Crippen LogP contribution >= 0.6 is 0 Å². The normalized spacial score (nSPS) is 18.4. The van der Waals surface area contributed by atoms with Crippen molar-refractivity contribution in [3.8, 4) is 0 Å². The standard InChI is InChI=1S/C13H16N2/c1-2-12(10-3-6-14-7-4-10)9-13-11(1)5-8-15-13/h1-2,5,8-10,14-15H,3-4,6-7H2. The first-order chi connectivity index (χ1) is 7.43. The summed E-state index contributed by atoms with van der Waals surface area (Å²) < 4.78 is 0. The lowest BCUT2D eigenvalue weighted by Crippen LogP contribution is -2.26. The zero-order chi connectivity index (χ0) is 10.1. The van der Waals surface area contributed by atoms with E-state index in [0.29, 0.717) is 0 Å². The van der Waals surface area contributed by atoms with E-state index < -0.39 is 0 Å². The van der Waals surface area contributed by atoms with Gasteiger partial charge < -0.3 is 10.3 Å². The largest absolute Gasteiger partial charge is 0.361 e. The number of benzene rings is 1. The Kier molecular flexibility index (Phi) is 2.22. The fourth-order valence-corrected chi connectivity index (χ4v) is 2.47. The summed E-state index contributed by atoms with van der Waals surface area (Å²) in [7, 11) is 0. The van der Waals surface area contributed by atoms with Gasteiger partial charge in [-0.1, -0.05) is 12.1 Å². The number of fused-ring (bicyclic) bond motifs is 1. The third-order valence-corrected chi connectivity index (χ3v) is 3.39. The van der Waals surface area contributed by atoms with Gasteiger partial charge in [0, 0.05) is 11.7 Å². The van der Waals surface area contributed by atoms with Crippen LogP contribution in [-0.4, -0.2) is 18.1 Å². The molecular weight excluding hydrogens is 184 g/mol. The molecule has 1 aliphatic rings. The van der Waals surface area contributed by atoms with E-state index in [-0.39, 0.29) is 0 Å². The number of rotatable bonds is 1. The van der Waals surface area contributed by atoms with Gasteiger partial charge in [0.2, 0.25) is 0 Å². The van der Waals surface area contributed by atoms with E-state index in [2.05, 4.69) is 34.6 Å². The van der Waals surface area contributed by atoms with Crippen molar-refractivity contribution in [2.45, 2.75) is 18.8 Å². The third-order valence-electron chi connectivity index (χ3n) is 3.39. The highest BCUT2D eigenvalue weighted by Crippen LogP contribution is 2.27. The van der Waals surface area contributed by atoms with E-state index in [4.69, 9.17) is 0 Å². The lowest BCUT2D eigenvalue weighted by molar-refractivity contribution is 0.460. The van der Waals surface area contributed by atoms with Gasteiger partial charge in [-0.2, -0.15) is 0 Å². The molecule has 78 valence electrons. The summed E-state index contributed by atoms with van der Waals surface area (Å²) in [6.45, 7) is 2.32. The van der Waals surface area contributed by atoms with Crippen LogP contribution in [0.1, 0.15) is 24.3 Å². The van der Waals surface area contributed by atoms with E-state index in [9.17, 15) is 0 Å². The molecule has 1 aromatic carbocycles. The van der Waals surface area contributed by atoms with Gasteiger partial charge in [0.15, 0.2) is 0 Å². The molecule has 0 bridgehead atoms. The van der Waals surface area contributed by atoms with Gasteiger partial charge in [-0.25, -0.2) is 0 Å². The molecule has 2 heterocycles. The second kappa shape index (κ2) is 3.70. The predicted octanol–water partition coefficient (Wildman–Crippen LogP) is 2.63. The van der Waals surface area contributed by atoms with Crippen LogP contribution in [-0.2, 0) is 0 Å². The second-order valence-electron chi connectivity index (χ2n) is 4.35. The molecular formula is C13H16N2. The van der Waals surface area contributed by atoms with Crippen molar-refractivity contribution in [2.75, 3.05) is 13.1 Å². The van der Waals surface area contributed by atoms with E-state index in [1.165, 1.54) is 29.3 Å². The highest BCUT2D eigenvalue weighted by molar-refractivity contribution is 5.80. The monoisotopic (exact) mass is 200 g/mol. The van der Waals surface area contributed by atoms with Crippen molar-refractivity contribution in [1.82, 2.24) is 10.3 Å². The van der Waals surface area contributed by atoms with Crippen LogP contribution < -0.4 is 5.32 Å². The Bertz CT molecular complexity index is 452. The molecule has 0 unspecified atom stereocenters. The van der Waals surface area contributed by atoms with Crippen molar-refractivity contribution in [3.63, 3.8) is 0 Å². The van der Waals surface area contributed by atoms with Gasteiger partial charge in [0.25, 0.3) is 0 Å². The zero-order valence-electron chi connectivity index (χ0n) is 8.79. The predicted molar refractivity (Wildman–Crippen MR) is 63.1 cm³/mol. The fourth-order valence-electron chi connectivity index (χ4n) is 2.47. The molecule has 2 N–H and O–H groups in total. The number of H-pyrrole nitrogens is 1. The summed E-state index contributed by atoms with van der Waals surface area (Å²) in [5.41, 5.74) is 2.76. The van der Waals surface area contributed by atoms with E-state index in [1.807, 2.05) is 6.20 Å². The van der Waals surface area contributed by atoms with Gasteiger partial charge in [-0.15, -0.1) is 0 Å². The van der Waals surface area contributed by atoms with E-state index in [1.54, 1.807) is 0 Å². The third kappa shape index (κ3) is 1.65. The molecule has 0 radical (unpaired) electrons. The summed E-state index contributed by atoms with van der Waals surface area (Å²) in [5.74, 6) is 0.749. The van der Waals surface area contributed by atoms with Crippen LogP contribution in [0.15, 0.2) is 30.5 Å². The number of aromatic nitrogens is 1. The zero-order valence-corrected chi connectivity index (χ0v) is 8.79. The molecule has 1 aromatic heterocycles. The molecule has 2 nitrogen and oxygen atoms in total. The van der Waals surface area contributed by atoms with Crippen molar-refractivity contribution in [2.24, 2.45) is 0 Å². The van der Waals surface area contributed by atoms with Crippen LogP contribution in [0.5, 0.6) is 0 Å². The Morgan fingerprint density at radius 3 is 2.80 bits per heavy atom. The van der Waals surface area contributed by atoms with Gasteiger partial charge in [-0.3, -0.25) is 0 Å². The SMILES string of the molecule is c1cc2ccc(C3CCNCC3)cc2[nH]1. The highest BCUT2D eigenvalue weighted by Gasteiger charge is 2.15. The lowest BCUT2D eigenvalue weighted by atomic mass is 9.90. The highest BCUT2D eigenvalue weighted by atomic mass is 14.9. The van der Waals surface area contributed by atoms with Crippen LogP contribution in [0, 0.1) is 0 Å². The molecule has 0 spiro atoms. The van der Waals surface area contributed by atoms with Gasteiger partial charge in [0.05, 0.1) is 0 Å². The maximum atomic E-state index is 3.41. The van der Waals surface area contributed by atoms with Crippen molar-refractivity contribution in [1.29, 1.82) is 0 Å². The molecule has 0 amide bonds. The summed E-state index contributed by atoms with van der Waals surface area (Å²) in [6, 6.07) is 8.95. The minimum atomic E-state index is 0.749. The molecule has 2 aromatic rings. The Hall–Kier alpha value is -1.28. The van der Waals surface area contributed by atoms with Crippen LogP contribution in [0.25, 0.3) is 10.9 Å². The molecule has 1 fully saturated rings. The molecule has 1 aliphatic heterocycles. The summed E-state index contributed by atoms with van der Waals surface area (Å²) in [4.78, 5) is 3.28. The topological polar surface area (TPSA) is 27.8 Å². The Morgan fingerprint density at radius 2 is 1.93 bits per heavy atom. The first-order valence-electron chi connectivity index (χ1n) is 5.71. The van der Waals surface area contributed by atoms with Crippen LogP contribution in [0.4, 0.5) is 0 Å². The van der Waals surface area contributed by atoms with Crippen molar-refractivity contribution in [3.05, 3.63) is 36.0 Å². The fraction of sp³-hybridized carbons (Fsp3) is 0.385. The lowest BCUT2D eigenvalue weighted by Gasteiger charge is -2.22.